The molecule has 1 aliphatic rings. The molecule has 1 rings (SSSR count). The number of rotatable bonds is 4. The normalized spacial score (nSPS) is 23.6. The van der Waals surface area contributed by atoms with E-state index in [4.69, 9.17) is 5.11 Å². The number of nitrogens with one attached hydrogen (secondary N) is 1. The summed E-state index contributed by atoms with van der Waals surface area (Å²) in [4.78, 5) is 12.0. The van der Waals surface area contributed by atoms with Gasteiger partial charge in [0, 0.05) is 12.1 Å². The predicted molar refractivity (Wildman–Crippen MR) is 66.0 cm³/mol. The highest BCUT2D eigenvalue weighted by molar-refractivity contribution is 5.96. The van der Waals surface area contributed by atoms with Crippen molar-refractivity contribution in [3.8, 4) is 0 Å². The van der Waals surface area contributed by atoms with Gasteiger partial charge in [0.15, 0.2) is 0 Å². The van der Waals surface area contributed by atoms with Crippen LogP contribution < -0.4 is 5.32 Å². The third kappa shape index (κ3) is 2.72. The molecular formula is C12H22N2O4. The molecule has 1 unspecified atom stereocenters. The molecule has 0 aromatic heterocycles. The lowest BCUT2D eigenvalue weighted by Crippen LogP contribution is -2.49. The van der Waals surface area contributed by atoms with Crippen molar-refractivity contribution < 1.29 is 20.2 Å². The molecule has 1 aliphatic heterocycles. The Hall–Kier alpha value is -0.950. The lowest BCUT2D eigenvalue weighted by atomic mass is 9.96. The number of nitrogens with zero attached hydrogens (tertiary/aromatic N) is 1. The van der Waals surface area contributed by atoms with Gasteiger partial charge in [-0.1, -0.05) is 6.08 Å². The Labute approximate surface area is 107 Å². The van der Waals surface area contributed by atoms with E-state index < -0.39 is 23.8 Å². The fourth-order valence-electron chi connectivity index (χ4n) is 2.14. The molecule has 1 heterocycles. The predicted octanol–water partition coefficient (Wildman–Crippen LogP) is -0.356. The molecule has 0 aromatic carbocycles. The molecule has 4 N–H and O–H groups in total. The van der Waals surface area contributed by atoms with E-state index in [2.05, 4.69) is 5.32 Å². The van der Waals surface area contributed by atoms with E-state index in [9.17, 15) is 15.1 Å². The van der Waals surface area contributed by atoms with E-state index in [1.807, 2.05) is 0 Å². The van der Waals surface area contributed by atoms with Crippen LogP contribution in [0.15, 0.2) is 11.6 Å². The van der Waals surface area contributed by atoms with Gasteiger partial charge in [-0.05, 0) is 27.7 Å². The van der Waals surface area contributed by atoms with Gasteiger partial charge in [-0.2, -0.15) is 5.06 Å². The van der Waals surface area contributed by atoms with Crippen molar-refractivity contribution in [2.45, 2.75) is 44.9 Å². The van der Waals surface area contributed by atoms with Crippen LogP contribution in [0.5, 0.6) is 0 Å². The van der Waals surface area contributed by atoms with Gasteiger partial charge < -0.3 is 20.7 Å². The summed E-state index contributed by atoms with van der Waals surface area (Å²) in [7, 11) is 0. The zero-order valence-corrected chi connectivity index (χ0v) is 11.3. The Morgan fingerprint density at radius 1 is 1.44 bits per heavy atom. The summed E-state index contributed by atoms with van der Waals surface area (Å²) in [5, 5.41) is 31.6. The van der Waals surface area contributed by atoms with Crippen LogP contribution in [0.1, 0.15) is 27.7 Å². The van der Waals surface area contributed by atoms with Gasteiger partial charge in [-0.15, -0.1) is 0 Å². The zero-order chi connectivity index (χ0) is 14.1. The summed E-state index contributed by atoms with van der Waals surface area (Å²) >= 11 is 0. The molecular weight excluding hydrogens is 236 g/mol. The highest BCUT2D eigenvalue weighted by Gasteiger charge is 2.47. The maximum atomic E-state index is 12.0. The molecule has 0 fully saturated rings. The van der Waals surface area contributed by atoms with Crippen LogP contribution in [0.25, 0.3) is 0 Å². The van der Waals surface area contributed by atoms with Crippen molar-refractivity contribution in [1.29, 1.82) is 0 Å². The van der Waals surface area contributed by atoms with Gasteiger partial charge in [-0.25, -0.2) is 0 Å². The average Bonchev–Trinajstić information content (AvgIpc) is 2.46. The maximum absolute atomic E-state index is 12.0. The first-order chi connectivity index (χ1) is 8.13. The van der Waals surface area contributed by atoms with Crippen LogP contribution in [0.3, 0.4) is 0 Å². The fourth-order valence-corrected chi connectivity index (χ4v) is 2.14. The minimum absolute atomic E-state index is 0.0192. The molecule has 0 bridgehead atoms. The molecule has 1 amide bonds. The molecule has 0 radical (unpaired) electrons. The standard InChI is InChI=1S/C12H22N2O4/c1-11(2)5-9(12(3,4)14(11)18)10(17)13-6-8(16)7-15/h5,8,15-16,18H,6-7H2,1-4H3,(H,13,17). The van der Waals surface area contributed by atoms with Crippen LogP contribution in [0.4, 0.5) is 0 Å². The molecule has 0 spiro atoms. The fraction of sp³-hybridized carbons (Fsp3) is 0.750. The van der Waals surface area contributed by atoms with Crippen LogP contribution in [-0.4, -0.2) is 56.7 Å². The number of aliphatic hydroxyl groups excluding tert-OH is 2. The van der Waals surface area contributed by atoms with Crippen molar-refractivity contribution in [3.05, 3.63) is 11.6 Å². The van der Waals surface area contributed by atoms with Gasteiger partial charge in [0.2, 0.25) is 5.91 Å². The van der Waals surface area contributed by atoms with Gasteiger partial charge in [-0.3, -0.25) is 4.79 Å². The van der Waals surface area contributed by atoms with Crippen molar-refractivity contribution in [3.63, 3.8) is 0 Å². The van der Waals surface area contributed by atoms with Crippen molar-refractivity contribution in [1.82, 2.24) is 10.4 Å². The first kappa shape index (κ1) is 15.1. The topological polar surface area (TPSA) is 93.0 Å². The third-order valence-electron chi connectivity index (χ3n) is 3.19. The molecule has 6 heteroatoms. The summed E-state index contributed by atoms with van der Waals surface area (Å²) in [6.45, 7) is 6.68. The van der Waals surface area contributed by atoms with Crippen LogP contribution >= 0.6 is 0 Å². The lowest BCUT2D eigenvalue weighted by molar-refractivity contribution is -0.186. The highest BCUT2D eigenvalue weighted by atomic mass is 16.5. The number of carbonyl (C=O) groups excluding carboxylic acids is 1. The molecule has 0 saturated heterocycles. The number of hydrogen-bond acceptors (Lipinski definition) is 5. The summed E-state index contributed by atoms with van der Waals surface area (Å²) < 4.78 is 0. The van der Waals surface area contributed by atoms with Crippen molar-refractivity contribution >= 4 is 5.91 Å². The monoisotopic (exact) mass is 258 g/mol. The Bertz CT molecular complexity index is 363. The lowest BCUT2D eigenvalue weighted by Gasteiger charge is -2.35. The number of carbonyl (C=O) groups is 1. The Kier molecular flexibility index (Phi) is 4.17. The second kappa shape index (κ2) is 4.97. The molecule has 0 aliphatic carbocycles. The first-order valence-corrected chi connectivity index (χ1v) is 5.92. The smallest absolute Gasteiger partial charge is 0.249 e. The summed E-state index contributed by atoms with van der Waals surface area (Å²) in [6.07, 6.45) is 0.727. The minimum atomic E-state index is -0.975. The first-order valence-electron chi connectivity index (χ1n) is 5.92. The van der Waals surface area contributed by atoms with E-state index >= 15 is 0 Å². The maximum Gasteiger partial charge on any atom is 0.249 e. The molecule has 104 valence electrons. The SMILES string of the molecule is CC1(C)C=C(C(=O)NCC(O)CO)C(C)(C)N1O. The second-order valence-corrected chi connectivity index (χ2v) is 5.63. The largest absolute Gasteiger partial charge is 0.394 e. The molecule has 0 aromatic rings. The molecule has 1 atom stereocenters. The summed E-state index contributed by atoms with van der Waals surface area (Å²) in [6, 6.07) is 0. The molecule has 0 saturated carbocycles. The van der Waals surface area contributed by atoms with E-state index in [1.165, 1.54) is 0 Å². The van der Waals surface area contributed by atoms with Gasteiger partial charge >= 0.3 is 0 Å². The van der Waals surface area contributed by atoms with E-state index in [-0.39, 0.29) is 12.5 Å². The summed E-state index contributed by atoms with van der Waals surface area (Å²) in [5.74, 6) is -0.350. The zero-order valence-electron chi connectivity index (χ0n) is 11.3. The number of hydroxylamine groups is 2. The van der Waals surface area contributed by atoms with Gasteiger partial charge in [0.1, 0.15) is 0 Å². The van der Waals surface area contributed by atoms with E-state index in [0.29, 0.717) is 5.57 Å². The van der Waals surface area contributed by atoms with Crippen LogP contribution in [0, 0.1) is 0 Å². The second-order valence-electron chi connectivity index (χ2n) is 5.63. The number of hydrogen-bond donors (Lipinski definition) is 4. The van der Waals surface area contributed by atoms with Crippen molar-refractivity contribution in [2.75, 3.05) is 13.2 Å². The highest BCUT2D eigenvalue weighted by Crippen LogP contribution is 2.38. The Morgan fingerprint density at radius 2 is 2.00 bits per heavy atom. The Morgan fingerprint density at radius 3 is 2.39 bits per heavy atom. The summed E-state index contributed by atoms with van der Waals surface area (Å²) in [5.41, 5.74) is -0.969. The molecule has 6 nitrogen and oxygen atoms in total. The van der Waals surface area contributed by atoms with E-state index in [0.717, 1.165) is 5.06 Å². The average molecular weight is 258 g/mol. The quantitative estimate of drug-likeness (QED) is 0.553. The molecule has 18 heavy (non-hydrogen) atoms. The Balaban J connectivity index is 2.80. The number of amides is 1. The minimum Gasteiger partial charge on any atom is -0.394 e. The van der Waals surface area contributed by atoms with Gasteiger partial charge in [0.25, 0.3) is 0 Å². The number of aliphatic hydroxyl groups is 2. The van der Waals surface area contributed by atoms with Crippen LogP contribution in [0.2, 0.25) is 0 Å². The van der Waals surface area contributed by atoms with Crippen LogP contribution in [-0.2, 0) is 4.79 Å². The van der Waals surface area contributed by atoms with E-state index in [1.54, 1.807) is 33.8 Å². The van der Waals surface area contributed by atoms with Crippen molar-refractivity contribution in [2.24, 2.45) is 0 Å². The third-order valence-corrected chi connectivity index (χ3v) is 3.19. The van der Waals surface area contributed by atoms with Gasteiger partial charge in [0.05, 0.1) is 23.8 Å².